The van der Waals surface area contributed by atoms with Crippen molar-refractivity contribution in [3.05, 3.63) is 0 Å². The lowest BCUT2D eigenvalue weighted by atomic mass is 9.77. The second-order valence-corrected chi connectivity index (χ2v) is 9.21. The van der Waals surface area contributed by atoms with E-state index < -0.39 is 15.4 Å². The van der Waals surface area contributed by atoms with Crippen LogP contribution in [0.1, 0.15) is 45.4 Å². The predicted octanol–water partition coefficient (Wildman–Crippen LogP) is 1.22. The topological polar surface area (TPSA) is 66.9 Å². The van der Waals surface area contributed by atoms with Gasteiger partial charge in [0.2, 0.25) is 15.9 Å². The van der Waals surface area contributed by atoms with Crippen LogP contribution in [-0.2, 0) is 19.6 Å². The number of carbonyl (C=O) groups excluding carboxylic acids is 1. The zero-order valence-corrected chi connectivity index (χ0v) is 14.8. The van der Waals surface area contributed by atoms with Crippen LogP contribution < -0.4 is 0 Å². The molecule has 0 N–H and O–H groups in total. The number of hydrogen-bond acceptors (Lipinski definition) is 4. The summed E-state index contributed by atoms with van der Waals surface area (Å²) in [5.74, 6) is 0.367. The highest BCUT2D eigenvalue weighted by atomic mass is 32.2. The van der Waals surface area contributed by atoms with Crippen LogP contribution in [0.15, 0.2) is 0 Å². The maximum Gasteiger partial charge on any atom is 0.230 e. The number of piperidine rings is 1. The van der Waals surface area contributed by atoms with E-state index in [4.69, 9.17) is 4.74 Å². The Morgan fingerprint density at radius 3 is 2.65 bits per heavy atom. The van der Waals surface area contributed by atoms with E-state index in [1.165, 1.54) is 0 Å². The molecule has 0 saturated carbocycles. The van der Waals surface area contributed by atoms with E-state index in [1.807, 2.05) is 11.8 Å². The average molecular weight is 344 g/mol. The highest BCUT2D eigenvalue weighted by Gasteiger charge is 2.51. The van der Waals surface area contributed by atoms with Crippen molar-refractivity contribution in [1.29, 1.82) is 0 Å². The molecule has 0 radical (unpaired) electrons. The van der Waals surface area contributed by atoms with E-state index in [0.29, 0.717) is 25.9 Å². The lowest BCUT2D eigenvalue weighted by molar-refractivity contribution is -0.150. The van der Waals surface area contributed by atoms with Crippen LogP contribution in [0.5, 0.6) is 0 Å². The molecule has 0 bridgehead atoms. The number of sulfonamides is 1. The van der Waals surface area contributed by atoms with Gasteiger partial charge in [0.25, 0.3) is 0 Å². The summed E-state index contributed by atoms with van der Waals surface area (Å²) in [4.78, 5) is 15.2. The van der Waals surface area contributed by atoms with Gasteiger partial charge in [-0.2, -0.15) is 0 Å². The van der Waals surface area contributed by atoms with Crippen LogP contribution >= 0.6 is 0 Å². The van der Waals surface area contributed by atoms with Crippen molar-refractivity contribution in [3.8, 4) is 0 Å². The second kappa shape index (κ2) is 6.69. The summed E-state index contributed by atoms with van der Waals surface area (Å²) < 4.78 is 31.6. The first-order chi connectivity index (χ1) is 11.0. The molecule has 23 heavy (non-hydrogen) atoms. The van der Waals surface area contributed by atoms with Gasteiger partial charge in [0.05, 0.1) is 11.2 Å². The minimum absolute atomic E-state index is 0.181. The molecule has 0 aliphatic carbocycles. The molecule has 132 valence electrons. The minimum Gasteiger partial charge on any atom is -0.381 e. The van der Waals surface area contributed by atoms with E-state index in [2.05, 4.69) is 0 Å². The first-order valence-electron chi connectivity index (χ1n) is 8.85. The Labute approximate surface area is 139 Å². The van der Waals surface area contributed by atoms with Gasteiger partial charge in [-0.1, -0.05) is 6.92 Å². The molecule has 6 nitrogen and oxygen atoms in total. The standard InChI is InChI=1S/C16H28N2O4S/c1-2-12-23(20,21)17-9-7-16(13-17)6-3-8-18(15(16)19)14-4-10-22-11-5-14/h14H,2-13H2,1H3. The van der Waals surface area contributed by atoms with Gasteiger partial charge in [0.15, 0.2) is 0 Å². The van der Waals surface area contributed by atoms with Crippen LogP contribution in [0.2, 0.25) is 0 Å². The van der Waals surface area contributed by atoms with Crippen molar-refractivity contribution in [3.63, 3.8) is 0 Å². The third kappa shape index (κ3) is 3.28. The number of rotatable bonds is 4. The monoisotopic (exact) mass is 344 g/mol. The van der Waals surface area contributed by atoms with E-state index >= 15 is 0 Å². The molecule has 0 aromatic heterocycles. The second-order valence-electron chi connectivity index (χ2n) is 7.13. The Balaban J connectivity index is 1.73. The molecule has 1 atom stereocenters. The summed E-state index contributed by atoms with van der Waals surface area (Å²) in [5.41, 5.74) is -0.475. The number of carbonyl (C=O) groups is 1. The number of amides is 1. The van der Waals surface area contributed by atoms with Gasteiger partial charge >= 0.3 is 0 Å². The number of nitrogens with zero attached hydrogens (tertiary/aromatic N) is 2. The molecule has 3 aliphatic rings. The fourth-order valence-corrected chi connectivity index (χ4v) is 5.87. The van der Waals surface area contributed by atoms with E-state index in [0.717, 1.165) is 45.4 Å². The number of likely N-dealkylation sites (tertiary alicyclic amines) is 1. The highest BCUT2D eigenvalue weighted by molar-refractivity contribution is 7.89. The highest BCUT2D eigenvalue weighted by Crippen LogP contribution is 2.42. The zero-order valence-electron chi connectivity index (χ0n) is 14.0. The molecule has 3 fully saturated rings. The summed E-state index contributed by atoms with van der Waals surface area (Å²) in [6.45, 7) is 5.01. The summed E-state index contributed by atoms with van der Waals surface area (Å²) in [6, 6.07) is 0.273. The predicted molar refractivity (Wildman–Crippen MR) is 87.5 cm³/mol. The third-order valence-corrected chi connectivity index (χ3v) is 7.60. The first-order valence-corrected chi connectivity index (χ1v) is 10.5. The Morgan fingerprint density at radius 2 is 1.96 bits per heavy atom. The van der Waals surface area contributed by atoms with Crippen molar-refractivity contribution in [2.45, 2.75) is 51.5 Å². The SMILES string of the molecule is CCCS(=O)(=O)N1CCC2(CCCN(C3CCOCC3)C2=O)C1. The normalized spacial score (nSPS) is 31.2. The van der Waals surface area contributed by atoms with Crippen molar-refractivity contribution in [2.24, 2.45) is 5.41 Å². The molecule has 0 aromatic rings. The Kier molecular flexibility index (Phi) is 4.99. The summed E-state index contributed by atoms with van der Waals surface area (Å²) in [6.07, 6.45) is 4.90. The van der Waals surface area contributed by atoms with Gasteiger partial charge in [-0.05, 0) is 38.5 Å². The average Bonchev–Trinajstić information content (AvgIpc) is 2.97. The number of hydrogen-bond donors (Lipinski definition) is 0. The lowest BCUT2D eigenvalue weighted by Gasteiger charge is -2.44. The molecule has 1 amide bonds. The maximum absolute atomic E-state index is 13.1. The maximum atomic E-state index is 13.1. The van der Waals surface area contributed by atoms with Crippen molar-refractivity contribution in [2.75, 3.05) is 38.6 Å². The molecule has 3 saturated heterocycles. The molecule has 3 heterocycles. The largest absolute Gasteiger partial charge is 0.381 e. The van der Waals surface area contributed by atoms with Crippen molar-refractivity contribution < 1.29 is 17.9 Å². The van der Waals surface area contributed by atoms with Gasteiger partial charge in [-0.3, -0.25) is 4.79 Å². The molecular formula is C16H28N2O4S. The fraction of sp³-hybridized carbons (Fsp3) is 0.938. The van der Waals surface area contributed by atoms with Crippen molar-refractivity contribution >= 4 is 15.9 Å². The molecular weight excluding hydrogens is 316 g/mol. The van der Waals surface area contributed by atoms with Gasteiger partial charge in [-0.15, -0.1) is 0 Å². The zero-order chi connectivity index (χ0) is 16.5. The molecule has 0 aromatic carbocycles. The van der Waals surface area contributed by atoms with Crippen LogP contribution in [-0.4, -0.2) is 68.2 Å². The molecule has 1 spiro atoms. The fourth-order valence-electron chi connectivity index (χ4n) is 4.28. The molecule has 3 rings (SSSR count). The van der Waals surface area contributed by atoms with Crippen LogP contribution in [0.3, 0.4) is 0 Å². The van der Waals surface area contributed by atoms with Crippen LogP contribution in [0.4, 0.5) is 0 Å². The van der Waals surface area contributed by atoms with Crippen LogP contribution in [0, 0.1) is 5.41 Å². The van der Waals surface area contributed by atoms with E-state index in [-0.39, 0.29) is 17.7 Å². The quantitative estimate of drug-likeness (QED) is 0.769. The van der Waals surface area contributed by atoms with Gasteiger partial charge in [0.1, 0.15) is 0 Å². The third-order valence-electron chi connectivity index (χ3n) is 5.57. The lowest BCUT2D eigenvalue weighted by Crippen LogP contribution is -2.55. The van der Waals surface area contributed by atoms with Gasteiger partial charge in [0, 0.05) is 38.9 Å². The van der Waals surface area contributed by atoms with E-state index in [9.17, 15) is 13.2 Å². The molecule has 1 unspecified atom stereocenters. The Morgan fingerprint density at radius 1 is 1.22 bits per heavy atom. The Hall–Kier alpha value is -0.660. The molecule has 7 heteroatoms. The summed E-state index contributed by atoms with van der Waals surface area (Å²) in [7, 11) is -3.21. The van der Waals surface area contributed by atoms with Gasteiger partial charge in [-0.25, -0.2) is 12.7 Å². The van der Waals surface area contributed by atoms with Crippen LogP contribution in [0.25, 0.3) is 0 Å². The number of ether oxygens (including phenoxy) is 1. The summed E-state index contributed by atoms with van der Waals surface area (Å²) >= 11 is 0. The van der Waals surface area contributed by atoms with Crippen molar-refractivity contribution in [1.82, 2.24) is 9.21 Å². The summed E-state index contributed by atoms with van der Waals surface area (Å²) in [5, 5.41) is 0. The molecule has 3 aliphatic heterocycles. The first kappa shape index (κ1) is 17.2. The Bertz CT molecular complexity index is 544. The minimum atomic E-state index is -3.21. The van der Waals surface area contributed by atoms with E-state index in [1.54, 1.807) is 4.31 Å². The smallest absolute Gasteiger partial charge is 0.230 e. The van der Waals surface area contributed by atoms with Gasteiger partial charge < -0.3 is 9.64 Å².